The third-order valence-electron chi connectivity index (χ3n) is 2.07. The molecule has 2 aromatic rings. The first-order valence-electron chi connectivity index (χ1n) is 4.41. The van der Waals surface area contributed by atoms with Crippen molar-refractivity contribution in [2.24, 2.45) is 0 Å². The number of fused-ring (bicyclic) bond motifs is 1. The number of halogens is 2. The molecule has 1 aromatic heterocycles. The van der Waals surface area contributed by atoms with Gasteiger partial charge in [0.2, 0.25) is 0 Å². The minimum atomic E-state index is 0.194. The van der Waals surface area contributed by atoms with Gasteiger partial charge in [-0.15, -0.1) is 0 Å². The molecular weight excluding hydrogens is 247 g/mol. The number of nitriles is 1. The SMILES string of the molecule is CNc1nc2c(Cl)ccc(Cl)c2nc1C#N. The Bertz CT molecular complexity index is 604. The first-order chi connectivity index (χ1) is 7.67. The lowest BCUT2D eigenvalue weighted by Gasteiger charge is -2.06. The van der Waals surface area contributed by atoms with Crippen molar-refractivity contribution in [1.29, 1.82) is 5.26 Å². The summed E-state index contributed by atoms with van der Waals surface area (Å²) in [6, 6.07) is 5.22. The van der Waals surface area contributed by atoms with E-state index in [-0.39, 0.29) is 5.69 Å². The summed E-state index contributed by atoms with van der Waals surface area (Å²) in [5.41, 5.74) is 1.11. The summed E-state index contributed by atoms with van der Waals surface area (Å²) < 4.78 is 0. The van der Waals surface area contributed by atoms with E-state index in [1.54, 1.807) is 19.2 Å². The third-order valence-corrected chi connectivity index (χ3v) is 2.68. The Balaban J connectivity index is 2.89. The Morgan fingerprint density at radius 2 is 1.75 bits per heavy atom. The predicted molar refractivity (Wildman–Crippen MR) is 63.8 cm³/mol. The molecule has 0 unspecified atom stereocenters. The molecule has 0 saturated heterocycles. The zero-order valence-corrected chi connectivity index (χ0v) is 9.76. The van der Waals surface area contributed by atoms with Gasteiger partial charge < -0.3 is 5.32 Å². The summed E-state index contributed by atoms with van der Waals surface area (Å²) in [5.74, 6) is 0.388. The molecule has 0 saturated carbocycles. The van der Waals surface area contributed by atoms with Crippen molar-refractivity contribution >= 4 is 40.1 Å². The second-order valence-corrected chi connectivity index (χ2v) is 3.82. The van der Waals surface area contributed by atoms with Gasteiger partial charge in [0.15, 0.2) is 11.5 Å². The topological polar surface area (TPSA) is 61.6 Å². The van der Waals surface area contributed by atoms with E-state index in [2.05, 4.69) is 15.3 Å². The van der Waals surface area contributed by atoms with E-state index in [0.717, 1.165) is 0 Å². The fraction of sp³-hybridized carbons (Fsp3) is 0.100. The minimum absolute atomic E-state index is 0.194. The van der Waals surface area contributed by atoms with Crippen molar-refractivity contribution in [2.45, 2.75) is 0 Å². The third kappa shape index (κ3) is 1.64. The normalized spacial score (nSPS) is 10.1. The van der Waals surface area contributed by atoms with E-state index >= 15 is 0 Å². The van der Waals surface area contributed by atoms with Crippen LogP contribution in [0, 0.1) is 11.3 Å². The molecule has 80 valence electrons. The molecule has 0 aliphatic heterocycles. The number of hydrogen-bond acceptors (Lipinski definition) is 4. The fourth-order valence-corrected chi connectivity index (χ4v) is 1.71. The number of rotatable bonds is 1. The van der Waals surface area contributed by atoms with E-state index in [1.807, 2.05) is 6.07 Å². The first kappa shape index (κ1) is 10.9. The Hall–Kier alpha value is -1.57. The van der Waals surface area contributed by atoms with E-state index in [9.17, 15) is 0 Å². The maximum atomic E-state index is 8.90. The van der Waals surface area contributed by atoms with Crippen LogP contribution in [0.1, 0.15) is 5.69 Å². The molecule has 0 amide bonds. The molecule has 0 bridgehead atoms. The molecule has 0 radical (unpaired) electrons. The highest BCUT2D eigenvalue weighted by molar-refractivity contribution is 6.39. The highest BCUT2D eigenvalue weighted by Crippen LogP contribution is 2.28. The van der Waals surface area contributed by atoms with Gasteiger partial charge in [0.1, 0.15) is 17.1 Å². The minimum Gasteiger partial charge on any atom is -0.371 e. The molecule has 1 heterocycles. The summed E-state index contributed by atoms with van der Waals surface area (Å²) in [6.45, 7) is 0. The molecular formula is C10H6Cl2N4. The van der Waals surface area contributed by atoms with E-state index < -0.39 is 0 Å². The van der Waals surface area contributed by atoms with Gasteiger partial charge >= 0.3 is 0 Å². The van der Waals surface area contributed by atoms with Crippen molar-refractivity contribution in [2.75, 3.05) is 12.4 Å². The van der Waals surface area contributed by atoms with Gasteiger partial charge in [-0.05, 0) is 12.1 Å². The van der Waals surface area contributed by atoms with Crippen molar-refractivity contribution in [3.63, 3.8) is 0 Å². The average Bonchev–Trinajstić information content (AvgIpc) is 2.32. The first-order valence-corrected chi connectivity index (χ1v) is 5.16. The Labute approximate surface area is 102 Å². The number of nitrogens with zero attached hydrogens (tertiary/aromatic N) is 3. The standard InChI is InChI=1S/C10H6Cl2N4/c1-14-10-7(4-13)15-8-5(11)2-3-6(12)9(8)16-10/h2-3H,1H3,(H,14,16). The lowest BCUT2D eigenvalue weighted by molar-refractivity contribution is 1.22. The molecule has 0 aliphatic rings. The highest BCUT2D eigenvalue weighted by atomic mass is 35.5. The van der Waals surface area contributed by atoms with Crippen molar-refractivity contribution < 1.29 is 0 Å². The molecule has 1 N–H and O–H groups in total. The Morgan fingerprint density at radius 1 is 1.19 bits per heavy atom. The van der Waals surface area contributed by atoms with E-state index in [0.29, 0.717) is 26.9 Å². The lowest BCUT2D eigenvalue weighted by atomic mass is 10.3. The number of nitrogens with one attached hydrogen (secondary N) is 1. The smallest absolute Gasteiger partial charge is 0.183 e. The quantitative estimate of drug-likeness (QED) is 0.848. The summed E-state index contributed by atoms with van der Waals surface area (Å²) in [5, 5.41) is 12.6. The number of anilines is 1. The average molecular weight is 253 g/mol. The molecule has 4 nitrogen and oxygen atoms in total. The van der Waals surface area contributed by atoms with Crippen LogP contribution in [0.15, 0.2) is 12.1 Å². The van der Waals surface area contributed by atoms with Gasteiger partial charge in [-0.2, -0.15) is 5.26 Å². The number of benzene rings is 1. The van der Waals surface area contributed by atoms with Crippen LogP contribution >= 0.6 is 23.2 Å². The van der Waals surface area contributed by atoms with Crippen LogP contribution in [-0.4, -0.2) is 17.0 Å². The zero-order chi connectivity index (χ0) is 11.7. The molecule has 0 atom stereocenters. The van der Waals surface area contributed by atoms with Crippen LogP contribution in [0.4, 0.5) is 5.82 Å². The van der Waals surface area contributed by atoms with Crippen LogP contribution < -0.4 is 5.32 Å². The van der Waals surface area contributed by atoms with Crippen LogP contribution in [0.3, 0.4) is 0 Å². The molecule has 2 rings (SSSR count). The van der Waals surface area contributed by atoms with E-state index in [4.69, 9.17) is 28.5 Å². The second-order valence-electron chi connectivity index (χ2n) is 3.01. The molecule has 0 spiro atoms. The van der Waals surface area contributed by atoms with Crippen LogP contribution in [-0.2, 0) is 0 Å². The van der Waals surface area contributed by atoms with Crippen molar-refractivity contribution in [3.8, 4) is 6.07 Å². The second kappa shape index (κ2) is 4.12. The summed E-state index contributed by atoms with van der Waals surface area (Å²) in [7, 11) is 1.66. The number of aromatic nitrogens is 2. The largest absolute Gasteiger partial charge is 0.371 e. The lowest BCUT2D eigenvalue weighted by Crippen LogP contribution is -2.00. The van der Waals surface area contributed by atoms with Gasteiger partial charge in [-0.3, -0.25) is 0 Å². The van der Waals surface area contributed by atoms with Crippen LogP contribution in [0.5, 0.6) is 0 Å². The molecule has 6 heteroatoms. The predicted octanol–water partition coefficient (Wildman–Crippen LogP) is 2.85. The number of hydrogen-bond donors (Lipinski definition) is 1. The van der Waals surface area contributed by atoms with Gasteiger partial charge in [0.05, 0.1) is 10.0 Å². The van der Waals surface area contributed by atoms with Crippen LogP contribution in [0.25, 0.3) is 11.0 Å². The molecule has 0 aliphatic carbocycles. The van der Waals surface area contributed by atoms with Gasteiger partial charge in [0.25, 0.3) is 0 Å². The van der Waals surface area contributed by atoms with Gasteiger partial charge in [-0.25, -0.2) is 9.97 Å². The Kier molecular flexibility index (Phi) is 2.82. The van der Waals surface area contributed by atoms with E-state index in [1.165, 1.54) is 0 Å². The maximum Gasteiger partial charge on any atom is 0.183 e. The summed E-state index contributed by atoms with van der Waals surface area (Å²) >= 11 is 11.9. The van der Waals surface area contributed by atoms with Crippen molar-refractivity contribution in [3.05, 3.63) is 27.9 Å². The monoisotopic (exact) mass is 252 g/mol. The zero-order valence-electron chi connectivity index (χ0n) is 8.25. The Morgan fingerprint density at radius 3 is 2.25 bits per heavy atom. The summed E-state index contributed by atoms with van der Waals surface area (Å²) in [6.07, 6.45) is 0. The molecule has 1 aromatic carbocycles. The van der Waals surface area contributed by atoms with Gasteiger partial charge in [-0.1, -0.05) is 23.2 Å². The summed E-state index contributed by atoms with van der Waals surface area (Å²) in [4.78, 5) is 8.33. The van der Waals surface area contributed by atoms with Gasteiger partial charge in [0, 0.05) is 7.05 Å². The van der Waals surface area contributed by atoms with Crippen molar-refractivity contribution in [1.82, 2.24) is 9.97 Å². The maximum absolute atomic E-state index is 8.90. The molecule has 0 fully saturated rings. The highest BCUT2D eigenvalue weighted by Gasteiger charge is 2.11. The fourth-order valence-electron chi connectivity index (χ4n) is 1.32. The van der Waals surface area contributed by atoms with Crippen LogP contribution in [0.2, 0.25) is 10.0 Å². The molecule has 16 heavy (non-hydrogen) atoms.